The van der Waals surface area contributed by atoms with E-state index >= 15 is 0 Å². The summed E-state index contributed by atoms with van der Waals surface area (Å²) in [6.07, 6.45) is 0. The molecule has 1 amide bonds. The van der Waals surface area contributed by atoms with E-state index in [4.69, 9.17) is 0 Å². The summed E-state index contributed by atoms with van der Waals surface area (Å²) >= 11 is 4.70. The second-order valence-electron chi connectivity index (χ2n) is 6.12. The molecule has 0 aliphatic heterocycles. The van der Waals surface area contributed by atoms with Gasteiger partial charge in [0.15, 0.2) is 5.16 Å². The maximum absolute atomic E-state index is 12.6. The largest absolute Gasteiger partial charge is 0.344 e. The van der Waals surface area contributed by atoms with Gasteiger partial charge in [0.2, 0.25) is 5.91 Å². The van der Waals surface area contributed by atoms with Gasteiger partial charge >= 0.3 is 5.69 Å². The summed E-state index contributed by atoms with van der Waals surface area (Å²) in [5, 5.41) is 9.49. The third-order valence-electron chi connectivity index (χ3n) is 3.94. The van der Waals surface area contributed by atoms with Crippen LogP contribution in [-0.4, -0.2) is 25.9 Å². The van der Waals surface area contributed by atoms with Gasteiger partial charge in [-0.05, 0) is 53.0 Å². The maximum atomic E-state index is 12.6. The number of aryl methyl sites for hydroxylation is 1. The van der Waals surface area contributed by atoms with Gasteiger partial charge in [-0.2, -0.15) is 0 Å². The van der Waals surface area contributed by atoms with E-state index in [-0.39, 0.29) is 11.6 Å². The molecule has 3 aromatic rings. The van der Waals surface area contributed by atoms with Crippen LogP contribution in [0.2, 0.25) is 0 Å². The Bertz CT molecular complexity index is 1000. The molecule has 0 saturated heterocycles. The van der Waals surface area contributed by atoms with Crippen LogP contribution in [0.15, 0.2) is 63.0 Å². The highest BCUT2D eigenvalue weighted by Crippen LogP contribution is 2.26. The SMILES string of the molecule is Cc1ccc(NC(=O)C(C)Sc2n[nH]c(=O)n2Cc2ccccc2)c(Br)c1. The van der Waals surface area contributed by atoms with Crippen molar-refractivity contribution in [1.82, 2.24) is 14.8 Å². The van der Waals surface area contributed by atoms with Crippen LogP contribution < -0.4 is 11.0 Å². The summed E-state index contributed by atoms with van der Waals surface area (Å²) < 4.78 is 2.36. The molecular formula is C19H19BrN4O2S. The topological polar surface area (TPSA) is 79.8 Å². The van der Waals surface area contributed by atoms with Crippen LogP contribution >= 0.6 is 27.7 Å². The van der Waals surface area contributed by atoms with Gasteiger partial charge in [-0.25, -0.2) is 9.89 Å². The second-order valence-corrected chi connectivity index (χ2v) is 8.28. The van der Waals surface area contributed by atoms with Crippen molar-refractivity contribution in [2.75, 3.05) is 5.32 Å². The van der Waals surface area contributed by atoms with Crippen LogP contribution in [0.25, 0.3) is 0 Å². The van der Waals surface area contributed by atoms with E-state index in [0.29, 0.717) is 17.4 Å². The maximum Gasteiger partial charge on any atom is 0.344 e. The molecule has 140 valence electrons. The standard InChI is InChI=1S/C19H19BrN4O2S/c1-12-8-9-16(15(20)10-12)21-17(25)13(2)27-19-23-22-18(26)24(19)11-14-6-4-3-5-7-14/h3-10,13H,11H2,1-2H3,(H,21,25)(H,22,26). The van der Waals surface area contributed by atoms with Gasteiger partial charge in [-0.15, -0.1) is 5.10 Å². The lowest BCUT2D eigenvalue weighted by atomic mass is 10.2. The van der Waals surface area contributed by atoms with E-state index in [9.17, 15) is 9.59 Å². The summed E-state index contributed by atoms with van der Waals surface area (Å²) in [5.41, 5.74) is 2.50. The zero-order chi connectivity index (χ0) is 19.4. The predicted octanol–water partition coefficient (Wildman–Crippen LogP) is 3.81. The quantitative estimate of drug-likeness (QED) is 0.564. The molecule has 3 rings (SSSR count). The fourth-order valence-corrected chi connectivity index (χ4v) is 3.91. The van der Waals surface area contributed by atoms with Gasteiger partial charge in [0, 0.05) is 4.47 Å². The van der Waals surface area contributed by atoms with Crippen molar-refractivity contribution in [3.63, 3.8) is 0 Å². The number of carbonyl (C=O) groups excluding carboxylic acids is 1. The Kier molecular flexibility index (Phi) is 6.18. The molecule has 2 aromatic carbocycles. The number of hydrogen-bond donors (Lipinski definition) is 2. The van der Waals surface area contributed by atoms with Crippen molar-refractivity contribution < 1.29 is 4.79 Å². The van der Waals surface area contributed by atoms with Crippen molar-refractivity contribution in [3.05, 3.63) is 74.6 Å². The summed E-state index contributed by atoms with van der Waals surface area (Å²) in [5.74, 6) is -0.161. The Morgan fingerprint density at radius 3 is 2.74 bits per heavy atom. The first-order chi connectivity index (χ1) is 12.9. The van der Waals surface area contributed by atoms with Crippen molar-refractivity contribution in [3.8, 4) is 0 Å². The zero-order valence-electron chi connectivity index (χ0n) is 14.9. The summed E-state index contributed by atoms with van der Waals surface area (Å²) in [4.78, 5) is 24.6. The number of aromatic nitrogens is 3. The highest BCUT2D eigenvalue weighted by molar-refractivity contribution is 9.10. The van der Waals surface area contributed by atoms with Crippen molar-refractivity contribution in [1.29, 1.82) is 0 Å². The molecule has 0 spiro atoms. The minimum absolute atomic E-state index is 0.161. The number of thioether (sulfide) groups is 1. The van der Waals surface area contributed by atoms with Crippen LogP contribution in [0.3, 0.4) is 0 Å². The molecular weight excluding hydrogens is 428 g/mol. The molecule has 1 heterocycles. The minimum Gasteiger partial charge on any atom is -0.324 e. The van der Waals surface area contributed by atoms with Gasteiger partial charge < -0.3 is 5.32 Å². The predicted molar refractivity (Wildman–Crippen MR) is 111 cm³/mol. The van der Waals surface area contributed by atoms with E-state index in [1.165, 1.54) is 16.3 Å². The molecule has 1 atom stereocenters. The average Bonchev–Trinajstić information content (AvgIpc) is 2.98. The Morgan fingerprint density at radius 1 is 1.30 bits per heavy atom. The Morgan fingerprint density at radius 2 is 2.04 bits per heavy atom. The first-order valence-corrected chi connectivity index (χ1v) is 10.0. The third-order valence-corrected chi connectivity index (χ3v) is 5.69. The molecule has 27 heavy (non-hydrogen) atoms. The lowest BCUT2D eigenvalue weighted by molar-refractivity contribution is -0.115. The van der Waals surface area contributed by atoms with Crippen molar-refractivity contribution in [2.24, 2.45) is 0 Å². The van der Waals surface area contributed by atoms with Crippen molar-refractivity contribution >= 4 is 39.3 Å². The fourth-order valence-electron chi connectivity index (χ4n) is 2.47. The van der Waals surface area contributed by atoms with Gasteiger partial charge in [-0.3, -0.25) is 9.36 Å². The number of carbonyl (C=O) groups is 1. The van der Waals surface area contributed by atoms with Crippen molar-refractivity contribution in [2.45, 2.75) is 30.8 Å². The minimum atomic E-state index is -0.428. The van der Waals surface area contributed by atoms with Gasteiger partial charge in [0.25, 0.3) is 0 Å². The molecule has 0 aliphatic carbocycles. The Labute approximate surface area is 169 Å². The number of nitrogens with one attached hydrogen (secondary N) is 2. The number of anilines is 1. The fraction of sp³-hybridized carbons (Fsp3) is 0.211. The molecule has 0 radical (unpaired) electrons. The highest BCUT2D eigenvalue weighted by atomic mass is 79.9. The molecule has 1 aromatic heterocycles. The number of H-pyrrole nitrogens is 1. The molecule has 0 fully saturated rings. The van der Waals surface area contributed by atoms with E-state index in [1.807, 2.05) is 55.5 Å². The first kappa shape index (κ1) is 19.4. The van der Waals surface area contributed by atoms with E-state index < -0.39 is 5.25 Å². The number of amides is 1. The number of halogens is 1. The smallest absolute Gasteiger partial charge is 0.324 e. The van der Waals surface area contributed by atoms with Gasteiger partial charge in [0.05, 0.1) is 17.5 Å². The lowest BCUT2D eigenvalue weighted by Gasteiger charge is -2.13. The highest BCUT2D eigenvalue weighted by Gasteiger charge is 2.20. The number of benzene rings is 2. The first-order valence-electron chi connectivity index (χ1n) is 8.37. The molecule has 2 N–H and O–H groups in total. The summed E-state index contributed by atoms with van der Waals surface area (Å²) in [7, 11) is 0. The van der Waals surface area contributed by atoms with E-state index in [0.717, 1.165) is 15.6 Å². The lowest BCUT2D eigenvalue weighted by Crippen LogP contribution is -2.24. The van der Waals surface area contributed by atoms with Crippen LogP contribution in [0.1, 0.15) is 18.1 Å². The zero-order valence-corrected chi connectivity index (χ0v) is 17.3. The van der Waals surface area contributed by atoms with E-state index in [2.05, 4.69) is 31.4 Å². The Balaban J connectivity index is 1.71. The van der Waals surface area contributed by atoms with Crippen LogP contribution in [0.4, 0.5) is 5.69 Å². The molecule has 0 bridgehead atoms. The summed E-state index contributed by atoms with van der Waals surface area (Å²) in [6.45, 7) is 4.17. The molecule has 1 unspecified atom stereocenters. The molecule has 0 aliphatic rings. The monoisotopic (exact) mass is 446 g/mol. The number of nitrogens with zero attached hydrogens (tertiary/aromatic N) is 2. The third kappa shape index (κ3) is 4.90. The average molecular weight is 447 g/mol. The second kappa shape index (κ2) is 8.58. The van der Waals surface area contributed by atoms with Crippen LogP contribution in [0, 0.1) is 6.92 Å². The number of aromatic amines is 1. The summed E-state index contributed by atoms with van der Waals surface area (Å²) in [6, 6.07) is 15.4. The van der Waals surface area contributed by atoms with Gasteiger partial charge in [-0.1, -0.05) is 48.2 Å². The van der Waals surface area contributed by atoms with Crippen LogP contribution in [-0.2, 0) is 11.3 Å². The van der Waals surface area contributed by atoms with E-state index in [1.54, 1.807) is 6.92 Å². The Hall–Kier alpha value is -2.32. The van der Waals surface area contributed by atoms with Crippen LogP contribution in [0.5, 0.6) is 0 Å². The molecule has 6 nitrogen and oxygen atoms in total. The molecule has 0 saturated carbocycles. The number of hydrogen-bond acceptors (Lipinski definition) is 4. The molecule has 8 heteroatoms. The van der Waals surface area contributed by atoms with Gasteiger partial charge in [0.1, 0.15) is 0 Å². The number of rotatable bonds is 6. The normalized spacial score (nSPS) is 12.0.